The number of carboxylic acid groups (broad SMARTS) is 1. The lowest BCUT2D eigenvalue weighted by Gasteiger charge is -2.41. The summed E-state index contributed by atoms with van der Waals surface area (Å²) >= 11 is 7.98. The molecule has 2 aromatic heterocycles. The molecule has 184 valence electrons. The van der Waals surface area contributed by atoms with Crippen molar-refractivity contribution in [3.63, 3.8) is 0 Å². The number of pyridine rings is 1. The number of fused-ring (bicyclic) bond motifs is 1. The van der Waals surface area contributed by atoms with Gasteiger partial charge in [0.25, 0.3) is 0 Å². The second-order valence-electron chi connectivity index (χ2n) is 8.98. The van der Waals surface area contributed by atoms with Gasteiger partial charge < -0.3 is 14.9 Å². The van der Waals surface area contributed by atoms with Gasteiger partial charge in [0.2, 0.25) is 0 Å². The zero-order valence-corrected chi connectivity index (χ0v) is 21.1. The lowest BCUT2D eigenvalue weighted by atomic mass is 9.71. The van der Waals surface area contributed by atoms with Crippen LogP contribution >= 0.6 is 22.9 Å². The normalized spacial score (nSPS) is 16.4. The molecule has 1 fully saturated rings. The number of likely N-dealkylation sites (tertiary alicyclic amines) is 1. The maximum atomic E-state index is 11.7. The summed E-state index contributed by atoms with van der Waals surface area (Å²) in [4.78, 5) is 22.5. The predicted molar refractivity (Wildman–Crippen MR) is 137 cm³/mol. The van der Waals surface area contributed by atoms with E-state index >= 15 is 0 Å². The first kappa shape index (κ1) is 25.4. The summed E-state index contributed by atoms with van der Waals surface area (Å²) in [7, 11) is 1.59. The molecule has 3 aromatic rings. The lowest BCUT2D eigenvalue weighted by Crippen LogP contribution is -2.41. The highest BCUT2D eigenvalue weighted by Crippen LogP contribution is 2.43. The molecule has 2 N–H and O–H groups in total. The second kappa shape index (κ2) is 11.4. The van der Waals surface area contributed by atoms with Crippen molar-refractivity contribution in [3.8, 4) is 17.6 Å². The summed E-state index contributed by atoms with van der Waals surface area (Å²) < 4.78 is 5.34. The number of nitrogens with zero attached hydrogens (tertiary/aromatic N) is 3. The quantitative estimate of drug-likeness (QED) is 0.418. The van der Waals surface area contributed by atoms with Gasteiger partial charge in [-0.15, -0.1) is 11.3 Å². The van der Waals surface area contributed by atoms with E-state index in [1.54, 1.807) is 18.8 Å². The zero-order chi connectivity index (χ0) is 24.8. The minimum Gasteiger partial charge on any atom is -0.497 e. The molecule has 1 aliphatic heterocycles. The van der Waals surface area contributed by atoms with Crippen molar-refractivity contribution in [1.82, 2.24) is 14.9 Å². The fourth-order valence-electron chi connectivity index (χ4n) is 4.76. The van der Waals surface area contributed by atoms with Crippen LogP contribution in [0.15, 0.2) is 35.3 Å². The van der Waals surface area contributed by atoms with Crippen LogP contribution in [-0.4, -0.2) is 57.8 Å². The minimum atomic E-state index is -0.840. The molecule has 0 amide bonds. The molecule has 1 aromatic carbocycles. The minimum absolute atomic E-state index is 0.0801. The summed E-state index contributed by atoms with van der Waals surface area (Å²) in [5.41, 5.74) is 3.49. The number of halogens is 1. The van der Waals surface area contributed by atoms with E-state index in [1.807, 2.05) is 23.6 Å². The third-order valence-electron chi connectivity index (χ3n) is 6.74. The van der Waals surface area contributed by atoms with Gasteiger partial charge in [-0.25, -0.2) is 4.98 Å². The Kier molecular flexibility index (Phi) is 8.24. The van der Waals surface area contributed by atoms with Crippen molar-refractivity contribution in [2.45, 2.75) is 38.2 Å². The largest absolute Gasteiger partial charge is 0.497 e. The maximum Gasteiger partial charge on any atom is 0.303 e. The smallest absolute Gasteiger partial charge is 0.303 e. The van der Waals surface area contributed by atoms with E-state index < -0.39 is 12.1 Å². The molecule has 0 saturated carbocycles. The van der Waals surface area contributed by atoms with Crippen LogP contribution in [0.25, 0.3) is 10.9 Å². The highest BCUT2D eigenvalue weighted by Gasteiger charge is 2.37. The Balaban J connectivity index is 1.44. The highest BCUT2D eigenvalue weighted by molar-refractivity contribution is 7.07. The molecule has 1 aliphatic rings. The number of benzene rings is 1. The Morgan fingerprint density at radius 2 is 2.14 bits per heavy atom. The highest BCUT2D eigenvalue weighted by atomic mass is 35.5. The van der Waals surface area contributed by atoms with Crippen LogP contribution < -0.4 is 4.74 Å². The van der Waals surface area contributed by atoms with Crippen LogP contribution in [-0.2, 0) is 4.79 Å². The van der Waals surface area contributed by atoms with Gasteiger partial charge >= 0.3 is 5.97 Å². The summed E-state index contributed by atoms with van der Waals surface area (Å²) in [6.45, 7) is 2.17. The van der Waals surface area contributed by atoms with E-state index in [1.165, 1.54) is 11.3 Å². The SMILES string of the molecule is COc1ccc2ncc(Cl)c(C(O)CCC3(CC(=O)O)CCN(CC#Cc4cscn4)CC3)c2c1. The molecule has 35 heavy (non-hydrogen) atoms. The van der Waals surface area contributed by atoms with Gasteiger partial charge in [-0.2, -0.15) is 0 Å². The summed E-state index contributed by atoms with van der Waals surface area (Å²) in [6, 6.07) is 5.47. The van der Waals surface area contributed by atoms with Crippen molar-refractivity contribution in [2.75, 3.05) is 26.7 Å². The van der Waals surface area contributed by atoms with E-state index in [9.17, 15) is 15.0 Å². The molecule has 1 saturated heterocycles. The van der Waals surface area contributed by atoms with Crippen LogP contribution in [0.1, 0.15) is 49.5 Å². The molecule has 0 radical (unpaired) electrons. The molecular formula is C26H28ClN3O4S. The van der Waals surface area contributed by atoms with Crippen molar-refractivity contribution in [3.05, 3.63) is 51.6 Å². The molecule has 0 spiro atoms. The van der Waals surface area contributed by atoms with Crippen LogP contribution in [0.4, 0.5) is 0 Å². The van der Waals surface area contributed by atoms with E-state index in [0.29, 0.717) is 35.7 Å². The predicted octanol–water partition coefficient (Wildman–Crippen LogP) is 4.78. The number of aliphatic hydroxyl groups is 1. The van der Waals surface area contributed by atoms with Gasteiger partial charge in [-0.05, 0) is 68.3 Å². The number of hydrogen-bond acceptors (Lipinski definition) is 7. The van der Waals surface area contributed by atoms with E-state index in [-0.39, 0.29) is 11.8 Å². The average Bonchev–Trinajstić information content (AvgIpc) is 3.36. The number of thiazole rings is 1. The van der Waals surface area contributed by atoms with Gasteiger partial charge in [0.05, 0.1) is 42.2 Å². The topological polar surface area (TPSA) is 95.8 Å². The Morgan fingerprint density at radius 1 is 1.34 bits per heavy atom. The summed E-state index contributed by atoms with van der Waals surface area (Å²) in [5, 5.41) is 23.8. The number of methoxy groups -OCH3 is 1. The Labute approximate surface area is 213 Å². The number of aliphatic carboxylic acids is 1. The van der Waals surface area contributed by atoms with Crippen molar-refractivity contribution >= 4 is 39.8 Å². The molecule has 3 heterocycles. The van der Waals surface area contributed by atoms with Crippen molar-refractivity contribution < 1.29 is 19.7 Å². The number of carbonyl (C=O) groups is 1. The molecule has 0 aliphatic carbocycles. The number of aromatic nitrogens is 2. The Morgan fingerprint density at radius 3 is 2.83 bits per heavy atom. The van der Waals surface area contributed by atoms with Gasteiger partial charge in [-0.1, -0.05) is 17.5 Å². The molecular weight excluding hydrogens is 486 g/mol. The molecule has 0 bridgehead atoms. The van der Waals surface area contributed by atoms with E-state index in [2.05, 4.69) is 26.7 Å². The number of carboxylic acids is 1. The van der Waals surface area contributed by atoms with E-state index in [0.717, 1.165) is 42.5 Å². The second-order valence-corrected chi connectivity index (χ2v) is 10.1. The molecule has 1 unspecified atom stereocenters. The molecule has 9 heteroatoms. The summed E-state index contributed by atoms with van der Waals surface area (Å²) in [6.07, 6.45) is 3.26. The number of ether oxygens (including phenoxy) is 1. The first-order valence-electron chi connectivity index (χ1n) is 11.5. The van der Waals surface area contributed by atoms with Gasteiger partial charge in [0.1, 0.15) is 11.4 Å². The first-order valence-corrected chi connectivity index (χ1v) is 12.8. The van der Waals surface area contributed by atoms with Crippen LogP contribution in [0, 0.1) is 17.3 Å². The number of rotatable bonds is 8. The zero-order valence-electron chi connectivity index (χ0n) is 19.5. The summed E-state index contributed by atoms with van der Waals surface area (Å²) in [5.74, 6) is 6.07. The van der Waals surface area contributed by atoms with Gasteiger partial charge in [-0.3, -0.25) is 14.7 Å². The fourth-order valence-corrected chi connectivity index (χ4v) is 5.52. The Bertz CT molecular complexity index is 1230. The van der Waals surface area contributed by atoms with Crippen LogP contribution in [0.5, 0.6) is 5.75 Å². The lowest BCUT2D eigenvalue weighted by molar-refractivity contribution is -0.141. The number of hydrogen-bond donors (Lipinski definition) is 2. The first-order chi connectivity index (χ1) is 16.9. The van der Waals surface area contributed by atoms with Gasteiger partial charge in [0.15, 0.2) is 0 Å². The monoisotopic (exact) mass is 513 g/mol. The third kappa shape index (κ3) is 6.30. The van der Waals surface area contributed by atoms with Crippen LogP contribution in [0.3, 0.4) is 0 Å². The molecule has 4 rings (SSSR count). The van der Waals surface area contributed by atoms with Crippen LogP contribution in [0.2, 0.25) is 5.02 Å². The fraction of sp³-hybridized carbons (Fsp3) is 0.423. The number of piperidine rings is 1. The molecule has 7 nitrogen and oxygen atoms in total. The standard InChI is InChI=1S/C26H28ClN3O4S/c1-34-19-4-5-22-20(13-19)25(21(27)15-28-22)23(31)6-7-26(14-24(32)33)8-11-30(12-9-26)10-2-3-18-16-35-17-29-18/h4-5,13,15-17,23,31H,6-12,14H2,1H3,(H,32,33). The number of aliphatic hydroxyl groups excluding tert-OH is 1. The average molecular weight is 514 g/mol. The van der Waals surface area contributed by atoms with Crippen molar-refractivity contribution in [2.24, 2.45) is 5.41 Å². The maximum absolute atomic E-state index is 11.7. The molecule has 1 atom stereocenters. The Hall–Kier alpha value is -2.70. The third-order valence-corrected chi connectivity index (χ3v) is 7.63. The van der Waals surface area contributed by atoms with Crippen molar-refractivity contribution in [1.29, 1.82) is 0 Å². The van der Waals surface area contributed by atoms with E-state index in [4.69, 9.17) is 16.3 Å². The van der Waals surface area contributed by atoms with Gasteiger partial charge in [0, 0.05) is 22.5 Å².